The molecular formula is C12H13Cl2N3. The lowest BCUT2D eigenvalue weighted by atomic mass is 9.92. The van der Waals surface area contributed by atoms with E-state index in [1.807, 2.05) is 6.07 Å². The fourth-order valence-corrected chi connectivity index (χ4v) is 2.62. The number of fused-ring (bicyclic) bond motifs is 1. The van der Waals surface area contributed by atoms with Gasteiger partial charge in [-0.25, -0.2) is 9.97 Å². The minimum absolute atomic E-state index is 0.548. The zero-order valence-electron chi connectivity index (χ0n) is 9.37. The highest BCUT2D eigenvalue weighted by atomic mass is 35.5. The Bertz CT molecular complexity index is 546. The molecule has 3 rings (SSSR count). The molecule has 2 aromatic heterocycles. The van der Waals surface area contributed by atoms with Crippen LogP contribution in [0, 0.1) is 0 Å². The molecule has 1 aliphatic rings. The van der Waals surface area contributed by atoms with Crippen LogP contribution in [0.5, 0.6) is 0 Å². The monoisotopic (exact) mass is 269 g/mol. The van der Waals surface area contributed by atoms with E-state index >= 15 is 0 Å². The van der Waals surface area contributed by atoms with E-state index in [1.165, 1.54) is 19.3 Å². The second-order valence-electron chi connectivity index (χ2n) is 4.42. The van der Waals surface area contributed by atoms with Crippen molar-refractivity contribution in [3.05, 3.63) is 23.1 Å². The summed E-state index contributed by atoms with van der Waals surface area (Å²) in [6.45, 7) is 0. The fraction of sp³-hybridized carbons (Fsp3) is 0.500. The standard InChI is InChI=1S/C12H13Cl2N3/c13-5-4-11-16-10-6-8(14)7-15-12(10)17(11)9-2-1-3-9/h6-7,9H,1-5H2. The smallest absolute Gasteiger partial charge is 0.160 e. The first-order chi connectivity index (χ1) is 8.29. The third kappa shape index (κ3) is 1.91. The Kier molecular flexibility index (Phi) is 2.97. The van der Waals surface area contributed by atoms with Crippen LogP contribution in [0.3, 0.4) is 0 Å². The quantitative estimate of drug-likeness (QED) is 0.798. The molecule has 0 amide bonds. The van der Waals surface area contributed by atoms with Crippen molar-refractivity contribution in [1.82, 2.24) is 14.5 Å². The van der Waals surface area contributed by atoms with E-state index in [-0.39, 0.29) is 0 Å². The first-order valence-corrected chi connectivity index (χ1v) is 6.79. The minimum Gasteiger partial charge on any atom is -0.310 e. The Balaban J connectivity index is 2.16. The van der Waals surface area contributed by atoms with Crippen molar-refractivity contribution >= 4 is 34.4 Å². The maximum atomic E-state index is 5.95. The van der Waals surface area contributed by atoms with Gasteiger partial charge in [0.1, 0.15) is 11.3 Å². The number of rotatable bonds is 3. The summed E-state index contributed by atoms with van der Waals surface area (Å²) >= 11 is 11.8. The molecule has 0 saturated heterocycles. The number of hydrogen-bond acceptors (Lipinski definition) is 2. The maximum absolute atomic E-state index is 5.95. The van der Waals surface area contributed by atoms with Crippen molar-refractivity contribution in [2.45, 2.75) is 31.7 Å². The average Bonchev–Trinajstić information content (AvgIpc) is 2.55. The molecule has 1 saturated carbocycles. The zero-order chi connectivity index (χ0) is 11.8. The van der Waals surface area contributed by atoms with Gasteiger partial charge in [0, 0.05) is 24.5 Å². The number of nitrogens with zero attached hydrogens (tertiary/aromatic N) is 3. The molecule has 0 N–H and O–H groups in total. The highest BCUT2D eigenvalue weighted by molar-refractivity contribution is 6.31. The van der Waals surface area contributed by atoms with Gasteiger partial charge in [-0.3, -0.25) is 0 Å². The third-order valence-electron chi connectivity index (χ3n) is 3.33. The fourth-order valence-electron chi connectivity index (χ4n) is 2.29. The van der Waals surface area contributed by atoms with Crippen LogP contribution in [-0.4, -0.2) is 20.4 Å². The van der Waals surface area contributed by atoms with Crippen molar-refractivity contribution in [3.8, 4) is 0 Å². The Morgan fingerprint density at radius 2 is 2.24 bits per heavy atom. The van der Waals surface area contributed by atoms with E-state index in [0.29, 0.717) is 16.9 Å². The molecular weight excluding hydrogens is 257 g/mol. The molecule has 3 nitrogen and oxygen atoms in total. The van der Waals surface area contributed by atoms with Crippen LogP contribution in [0.15, 0.2) is 12.3 Å². The van der Waals surface area contributed by atoms with Crippen molar-refractivity contribution in [2.75, 3.05) is 5.88 Å². The van der Waals surface area contributed by atoms with E-state index in [0.717, 1.165) is 23.4 Å². The molecule has 2 heterocycles. The van der Waals surface area contributed by atoms with E-state index < -0.39 is 0 Å². The number of aryl methyl sites for hydroxylation is 1. The highest BCUT2D eigenvalue weighted by Gasteiger charge is 2.24. The summed E-state index contributed by atoms with van der Waals surface area (Å²) in [7, 11) is 0. The van der Waals surface area contributed by atoms with Crippen molar-refractivity contribution in [2.24, 2.45) is 0 Å². The number of hydrogen-bond donors (Lipinski definition) is 0. The normalized spacial score (nSPS) is 16.4. The van der Waals surface area contributed by atoms with Crippen LogP contribution in [-0.2, 0) is 6.42 Å². The van der Waals surface area contributed by atoms with Crippen LogP contribution < -0.4 is 0 Å². The van der Waals surface area contributed by atoms with Gasteiger partial charge in [-0.1, -0.05) is 11.6 Å². The number of alkyl halides is 1. The molecule has 0 aliphatic heterocycles. The van der Waals surface area contributed by atoms with Gasteiger partial charge in [0.05, 0.1) is 5.02 Å². The highest BCUT2D eigenvalue weighted by Crippen LogP contribution is 2.35. The lowest BCUT2D eigenvalue weighted by Crippen LogP contribution is -2.19. The first-order valence-electron chi connectivity index (χ1n) is 5.88. The Morgan fingerprint density at radius 1 is 1.41 bits per heavy atom. The molecule has 0 aromatic carbocycles. The van der Waals surface area contributed by atoms with Crippen molar-refractivity contribution < 1.29 is 0 Å². The summed E-state index contributed by atoms with van der Waals surface area (Å²) in [5, 5.41) is 0.633. The number of aromatic nitrogens is 3. The van der Waals surface area contributed by atoms with Gasteiger partial charge >= 0.3 is 0 Å². The summed E-state index contributed by atoms with van der Waals surface area (Å²) < 4.78 is 2.25. The van der Waals surface area contributed by atoms with Gasteiger partial charge in [0.25, 0.3) is 0 Å². The molecule has 1 fully saturated rings. The van der Waals surface area contributed by atoms with E-state index in [1.54, 1.807) is 6.20 Å². The molecule has 5 heteroatoms. The average molecular weight is 270 g/mol. The van der Waals surface area contributed by atoms with E-state index in [2.05, 4.69) is 14.5 Å². The molecule has 17 heavy (non-hydrogen) atoms. The van der Waals surface area contributed by atoms with Gasteiger partial charge < -0.3 is 4.57 Å². The van der Waals surface area contributed by atoms with Crippen LogP contribution in [0.1, 0.15) is 31.1 Å². The second-order valence-corrected chi connectivity index (χ2v) is 5.23. The molecule has 0 unspecified atom stereocenters. The van der Waals surface area contributed by atoms with Crippen molar-refractivity contribution in [1.29, 1.82) is 0 Å². The first kappa shape index (κ1) is 11.3. The summed E-state index contributed by atoms with van der Waals surface area (Å²) in [6, 6.07) is 2.42. The molecule has 0 spiro atoms. The largest absolute Gasteiger partial charge is 0.310 e. The number of halogens is 2. The van der Waals surface area contributed by atoms with Gasteiger partial charge in [-0.05, 0) is 25.3 Å². The predicted octanol–water partition coefficient (Wildman–Crippen LogP) is 3.59. The molecule has 0 radical (unpaired) electrons. The van der Waals surface area contributed by atoms with Crippen LogP contribution in [0.4, 0.5) is 0 Å². The maximum Gasteiger partial charge on any atom is 0.160 e. The molecule has 1 aliphatic carbocycles. The topological polar surface area (TPSA) is 30.7 Å². The predicted molar refractivity (Wildman–Crippen MR) is 69.9 cm³/mol. The third-order valence-corrected chi connectivity index (χ3v) is 3.72. The van der Waals surface area contributed by atoms with Crippen LogP contribution >= 0.6 is 23.2 Å². The summed E-state index contributed by atoms with van der Waals surface area (Å²) in [5.41, 5.74) is 1.82. The minimum atomic E-state index is 0.548. The molecule has 90 valence electrons. The van der Waals surface area contributed by atoms with Crippen LogP contribution in [0.25, 0.3) is 11.2 Å². The van der Waals surface area contributed by atoms with Gasteiger partial charge in [-0.15, -0.1) is 11.6 Å². The zero-order valence-corrected chi connectivity index (χ0v) is 10.9. The van der Waals surface area contributed by atoms with Crippen molar-refractivity contribution in [3.63, 3.8) is 0 Å². The van der Waals surface area contributed by atoms with Gasteiger partial charge in [0.15, 0.2) is 5.65 Å². The van der Waals surface area contributed by atoms with Crippen LogP contribution in [0.2, 0.25) is 5.02 Å². The number of pyridine rings is 1. The lowest BCUT2D eigenvalue weighted by Gasteiger charge is -2.28. The molecule has 0 atom stereocenters. The summed E-state index contributed by atoms with van der Waals surface area (Å²) in [5.74, 6) is 1.62. The lowest BCUT2D eigenvalue weighted by molar-refractivity contribution is 0.312. The Morgan fingerprint density at radius 3 is 2.88 bits per heavy atom. The van der Waals surface area contributed by atoms with Gasteiger partial charge in [-0.2, -0.15) is 0 Å². The van der Waals surface area contributed by atoms with E-state index in [9.17, 15) is 0 Å². The second kappa shape index (κ2) is 4.46. The summed E-state index contributed by atoms with van der Waals surface area (Å²) in [4.78, 5) is 9.01. The number of imidazole rings is 1. The molecule has 2 aromatic rings. The molecule has 0 bridgehead atoms. The van der Waals surface area contributed by atoms with E-state index in [4.69, 9.17) is 23.2 Å². The Hall–Kier alpha value is -0.800. The summed E-state index contributed by atoms with van der Waals surface area (Å²) in [6.07, 6.45) is 6.19. The SMILES string of the molecule is ClCCc1nc2cc(Cl)cnc2n1C1CCC1. The van der Waals surface area contributed by atoms with Gasteiger partial charge in [0.2, 0.25) is 0 Å². The Labute approximate surface area is 110 Å².